The van der Waals surface area contributed by atoms with Crippen molar-refractivity contribution in [2.45, 2.75) is 26.7 Å². The number of para-hydroxylation sites is 1. The number of nitrogens with one attached hydrogen (secondary N) is 1. The topological polar surface area (TPSA) is 50.2 Å². The molecule has 3 aromatic rings. The van der Waals surface area contributed by atoms with E-state index in [1.165, 1.54) is 18.5 Å². The summed E-state index contributed by atoms with van der Waals surface area (Å²) >= 11 is 6.51. The van der Waals surface area contributed by atoms with Crippen LogP contribution in [0.3, 0.4) is 0 Å². The van der Waals surface area contributed by atoms with E-state index in [2.05, 4.69) is 27.4 Å². The standard InChI is InChI=1S/C22H23ClN4O/c1-15-14-18(26-12-6-7-13-26)10-11-19(15)24-22(28)20-16(2)25-27(21(20)23)17-8-4-3-5-9-17/h3-5,8-11,14H,6-7,12-13H2,1-2H3,(H,24,28). The van der Waals surface area contributed by atoms with Crippen LogP contribution in [-0.4, -0.2) is 28.8 Å². The molecule has 1 aliphatic rings. The normalized spacial score (nSPS) is 13.8. The van der Waals surface area contributed by atoms with Crippen LogP contribution in [0.5, 0.6) is 0 Å². The number of hydrogen-bond acceptors (Lipinski definition) is 3. The lowest BCUT2D eigenvalue weighted by Crippen LogP contribution is -2.18. The summed E-state index contributed by atoms with van der Waals surface area (Å²) in [6.07, 6.45) is 2.47. The number of benzene rings is 2. The van der Waals surface area contributed by atoms with Crippen molar-refractivity contribution in [1.29, 1.82) is 0 Å². The first-order valence-corrected chi connectivity index (χ1v) is 9.90. The van der Waals surface area contributed by atoms with Crippen LogP contribution in [0.15, 0.2) is 48.5 Å². The van der Waals surface area contributed by atoms with E-state index < -0.39 is 0 Å². The SMILES string of the molecule is Cc1cc(N2CCCC2)ccc1NC(=O)c1c(C)nn(-c2ccccc2)c1Cl. The van der Waals surface area contributed by atoms with Gasteiger partial charge in [-0.2, -0.15) is 5.10 Å². The van der Waals surface area contributed by atoms with E-state index in [1.807, 2.05) is 43.3 Å². The highest BCUT2D eigenvalue weighted by Gasteiger charge is 2.22. The van der Waals surface area contributed by atoms with Gasteiger partial charge in [-0.05, 0) is 62.6 Å². The Labute approximate surface area is 169 Å². The molecule has 2 aromatic carbocycles. The van der Waals surface area contributed by atoms with Crippen molar-refractivity contribution in [3.8, 4) is 5.69 Å². The molecular weight excluding hydrogens is 372 g/mol. The molecule has 1 fully saturated rings. The molecule has 0 radical (unpaired) electrons. The molecule has 1 amide bonds. The van der Waals surface area contributed by atoms with Crippen molar-refractivity contribution in [1.82, 2.24) is 9.78 Å². The molecule has 0 saturated carbocycles. The molecule has 0 aliphatic carbocycles. The van der Waals surface area contributed by atoms with Crippen LogP contribution in [0.4, 0.5) is 11.4 Å². The molecule has 1 aliphatic heterocycles. The van der Waals surface area contributed by atoms with E-state index in [0.717, 1.165) is 30.0 Å². The van der Waals surface area contributed by atoms with Crippen LogP contribution >= 0.6 is 11.6 Å². The van der Waals surface area contributed by atoms with Gasteiger partial charge in [0.15, 0.2) is 0 Å². The number of rotatable bonds is 4. The second-order valence-electron chi connectivity index (χ2n) is 7.15. The van der Waals surface area contributed by atoms with Gasteiger partial charge in [0.2, 0.25) is 0 Å². The van der Waals surface area contributed by atoms with Crippen LogP contribution in [0, 0.1) is 13.8 Å². The summed E-state index contributed by atoms with van der Waals surface area (Å²) in [5.74, 6) is -0.248. The molecule has 0 spiro atoms. The van der Waals surface area contributed by atoms with Crippen molar-refractivity contribution in [2.24, 2.45) is 0 Å². The number of aromatic nitrogens is 2. The third kappa shape index (κ3) is 3.50. The molecule has 1 aromatic heterocycles. The fourth-order valence-corrected chi connectivity index (χ4v) is 4.00. The van der Waals surface area contributed by atoms with Gasteiger partial charge in [-0.1, -0.05) is 29.8 Å². The molecule has 6 heteroatoms. The first-order valence-electron chi connectivity index (χ1n) is 9.52. The third-order valence-corrected chi connectivity index (χ3v) is 5.51. The highest BCUT2D eigenvalue weighted by atomic mass is 35.5. The maximum Gasteiger partial charge on any atom is 0.260 e. The predicted octanol–water partition coefficient (Wildman–Crippen LogP) is 5.00. The largest absolute Gasteiger partial charge is 0.372 e. The summed E-state index contributed by atoms with van der Waals surface area (Å²) in [6.45, 7) is 6.00. The lowest BCUT2D eigenvalue weighted by molar-refractivity contribution is 0.102. The van der Waals surface area contributed by atoms with Gasteiger partial charge in [0.05, 0.1) is 11.4 Å². The number of carbonyl (C=O) groups is 1. The molecule has 1 saturated heterocycles. The molecule has 144 valence electrons. The summed E-state index contributed by atoms with van der Waals surface area (Å²) in [6, 6.07) is 15.7. The van der Waals surface area contributed by atoms with Crippen LogP contribution in [-0.2, 0) is 0 Å². The molecule has 0 bridgehead atoms. The van der Waals surface area contributed by atoms with Gasteiger partial charge in [0.25, 0.3) is 5.91 Å². The van der Waals surface area contributed by atoms with Crippen molar-refractivity contribution in [2.75, 3.05) is 23.3 Å². The Bertz CT molecular complexity index is 1010. The van der Waals surface area contributed by atoms with Gasteiger partial charge in [0, 0.05) is 24.5 Å². The van der Waals surface area contributed by atoms with Crippen LogP contribution in [0.2, 0.25) is 5.15 Å². The fourth-order valence-electron chi connectivity index (χ4n) is 3.64. The zero-order valence-electron chi connectivity index (χ0n) is 16.1. The van der Waals surface area contributed by atoms with Gasteiger partial charge < -0.3 is 10.2 Å². The van der Waals surface area contributed by atoms with Gasteiger partial charge in [-0.25, -0.2) is 4.68 Å². The molecule has 4 rings (SSSR count). The van der Waals surface area contributed by atoms with E-state index >= 15 is 0 Å². The molecule has 2 heterocycles. The second-order valence-corrected chi connectivity index (χ2v) is 7.50. The number of hydrogen-bond donors (Lipinski definition) is 1. The summed E-state index contributed by atoms with van der Waals surface area (Å²) < 4.78 is 1.59. The Morgan fingerprint density at radius 2 is 1.75 bits per heavy atom. The van der Waals surface area contributed by atoms with E-state index in [0.29, 0.717) is 16.4 Å². The zero-order chi connectivity index (χ0) is 19.7. The lowest BCUT2D eigenvalue weighted by Gasteiger charge is -2.19. The van der Waals surface area contributed by atoms with Crippen molar-refractivity contribution in [3.63, 3.8) is 0 Å². The number of nitrogens with zero attached hydrogens (tertiary/aromatic N) is 3. The van der Waals surface area contributed by atoms with Crippen LogP contribution in [0.25, 0.3) is 5.69 Å². The number of halogens is 1. The van der Waals surface area contributed by atoms with Crippen LogP contribution in [0.1, 0.15) is 34.5 Å². The fraction of sp³-hybridized carbons (Fsp3) is 0.273. The lowest BCUT2D eigenvalue weighted by atomic mass is 10.1. The average molecular weight is 395 g/mol. The van der Waals surface area contributed by atoms with E-state index in [-0.39, 0.29) is 5.91 Å². The molecule has 1 N–H and O–H groups in total. The van der Waals surface area contributed by atoms with Crippen LogP contribution < -0.4 is 10.2 Å². The maximum atomic E-state index is 12.9. The molecular formula is C22H23ClN4O. The van der Waals surface area contributed by atoms with Crippen molar-refractivity contribution < 1.29 is 4.79 Å². The van der Waals surface area contributed by atoms with E-state index in [9.17, 15) is 4.79 Å². The Balaban J connectivity index is 1.58. The smallest absolute Gasteiger partial charge is 0.260 e. The monoisotopic (exact) mass is 394 g/mol. The minimum atomic E-state index is -0.248. The minimum absolute atomic E-state index is 0.248. The molecule has 0 unspecified atom stereocenters. The first-order chi connectivity index (χ1) is 13.5. The molecule has 28 heavy (non-hydrogen) atoms. The molecule has 5 nitrogen and oxygen atoms in total. The van der Waals surface area contributed by atoms with E-state index in [4.69, 9.17) is 11.6 Å². The minimum Gasteiger partial charge on any atom is -0.372 e. The third-order valence-electron chi connectivity index (χ3n) is 5.16. The first kappa shape index (κ1) is 18.6. The second kappa shape index (κ2) is 7.68. The summed E-state index contributed by atoms with van der Waals surface area (Å²) in [4.78, 5) is 15.3. The molecule has 0 atom stereocenters. The van der Waals surface area contributed by atoms with Gasteiger partial charge >= 0.3 is 0 Å². The van der Waals surface area contributed by atoms with Gasteiger partial charge in [-0.3, -0.25) is 4.79 Å². The Hall–Kier alpha value is -2.79. The Morgan fingerprint density at radius 1 is 1.04 bits per heavy atom. The van der Waals surface area contributed by atoms with Gasteiger partial charge in [0.1, 0.15) is 10.7 Å². The Kier molecular flexibility index (Phi) is 5.09. The van der Waals surface area contributed by atoms with Gasteiger partial charge in [-0.15, -0.1) is 0 Å². The average Bonchev–Trinajstić information content (AvgIpc) is 3.32. The predicted molar refractivity (Wildman–Crippen MR) is 114 cm³/mol. The quantitative estimate of drug-likeness (QED) is 0.677. The maximum absolute atomic E-state index is 12.9. The van der Waals surface area contributed by atoms with Crippen molar-refractivity contribution in [3.05, 3.63) is 70.5 Å². The highest BCUT2D eigenvalue weighted by molar-refractivity contribution is 6.34. The number of carbonyl (C=O) groups excluding carboxylic acids is 1. The summed E-state index contributed by atoms with van der Waals surface area (Å²) in [5.41, 5.74) is 4.84. The number of aryl methyl sites for hydroxylation is 2. The Morgan fingerprint density at radius 3 is 2.43 bits per heavy atom. The number of amides is 1. The summed E-state index contributed by atoms with van der Waals surface area (Å²) in [5, 5.41) is 7.76. The zero-order valence-corrected chi connectivity index (χ0v) is 16.8. The summed E-state index contributed by atoms with van der Waals surface area (Å²) in [7, 11) is 0. The highest BCUT2D eigenvalue weighted by Crippen LogP contribution is 2.28. The number of anilines is 2. The van der Waals surface area contributed by atoms with Crippen molar-refractivity contribution >= 4 is 28.9 Å². The van der Waals surface area contributed by atoms with E-state index in [1.54, 1.807) is 11.6 Å².